The number of benzene rings is 2. The summed E-state index contributed by atoms with van der Waals surface area (Å²) in [7, 11) is 0. The highest BCUT2D eigenvalue weighted by Crippen LogP contribution is 2.26. The standard InChI is InChI=1S/C21H25Br2NO2/c1-4-26-21(25)20(15(2)3)24(13-16-9-5-7-11-18(16)22)14-17-10-6-8-12-19(17)23/h5-12,15,20H,4,13-14H2,1-3H3/t20-/m0/s1. The molecule has 140 valence electrons. The molecule has 0 radical (unpaired) electrons. The van der Waals surface area contributed by atoms with Crippen LogP contribution in [0.2, 0.25) is 0 Å². The van der Waals surface area contributed by atoms with E-state index < -0.39 is 0 Å². The summed E-state index contributed by atoms with van der Waals surface area (Å²) in [5.74, 6) is -0.0272. The summed E-state index contributed by atoms with van der Waals surface area (Å²) in [5.41, 5.74) is 2.30. The van der Waals surface area contributed by atoms with Gasteiger partial charge in [0.05, 0.1) is 6.61 Å². The van der Waals surface area contributed by atoms with E-state index in [1.165, 1.54) is 0 Å². The molecule has 0 fully saturated rings. The van der Waals surface area contributed by atoms with Gasteiger partial charge in [-0.2, -0.15) is 0 Å². The normalized spacial score (nSPS) is 12.4. The summed E-state index contributed by atoms with van der Waals surface area (Å²) in [6, 6.07) is 15.9. The fraction of sp³-hybridized carbons (Fsp3) is 0.381. The molecule has 0 aliphatic heterocycles. The van der Waals surface area contributed by atoms with Crippen LogP contribution >= 0.6 is 31.9 Å². The van der Waals surface area contributed by atoms with Crippen LogP contribution in [0.4, 0.5) is 0 Å². The minimum Gasteiger partial charge on any atom is -0.465 e. The lowest BCUT2D eigenvalue weighted by molar-refractivity contribution is -0.152. The van der Waals surface area contributed by atoms with Crippen molar-refractivity contribution in [1.82, 2.24) is 4.90 Å². The largest absolute Gasteiger partial charge is 0.465 e. The van der Waals surface area contributed by atoms with Crippen LogP contribution in [-0.2, 0) is 22.6 Å². The average Bonchev–Trinajstić information content (AvgIpc) is 2.59. The summed E-state index contributed by atoms with van der Waals surface area (Å²) < 4.78 is 7.47. The number of carbonyl (C=O) groups is 1. The Labute approximate surface area is 173 Å². The summed E-state index contributed by atoms with van der Waals surface area (Å²) in [6.45, 7) is 7.68. The van der Waals surface area contributed by atoms with Crippen molar-refractivity contribution in [2.24, 2.45) is 5.92 Å². The maximum Gasteiger partial charge on any atom is 0.323 e. The molecule has 0 N–H and O–H groups in total. The Hall–Kier alpha value is -1.17. The van der Waals surface area contributed by atoms with E-state index in [1.807, 2.05) is 43.3 Å². The topological polar surface area (TPSA) is 29.5 Å². The maximum atomic E-state index is 12.7. The van der Waals surface area contributed by atoms with E-state index >= 15 is 0 Å². The molecule has 0 aliphatic rings. The average molecular weight is 483 g/mol. The van der Waals surface area contributed by atoms with Crippen molar-refractivity contribution in [3.05, 3.63) is 68.6 Å². The van der Waals surface area contributed by atoms with E-state index in [2.05, 4.69) is 62.7 Å². The molecule has 0 aromatic heterocycles. The Morgan fingerprint density at radius 2 is 1.42 bits per heavy atom. The molecule has 26 heavy (non-hydrogen) atoms. The molecule has 0 amide bonds. The SMILES string of the molecule is CCOC(=O)[C@H](C(C)C)N(Cc1ccccc1Br)Cc1ccccc1Br. The van der Waals surface area contributed by atoms with Crippen LogP contribution < -0.4 is 0 Å². The van der Waals surface area contributed by atoms with Gasteiger partial charge in [0.1, 0.15) is 6.04 Å². The van der Waals surface area contributed by atoms with Gasteiger partial charge in [-0.3, -0.25) is 9.69 Å². The fourth-order valence-corrected chi connectivity index (χ4v) is 3.83. The van der Waals surface area contributed by atoms with Gasteiger partial charge in [0.15, 0.2) is 0 Å². The molecule has 2 aromatic rings. The van der Waals surface area contributed by atoms with Crippen LogP contribution in [0, 0.1) is 5.92 Å². The van der Waals surface area contributed by atoms with Crippen molar-refractivity contribution in [3.8, 4) is 0 Å². The van der Waals surface area contributed by atoms with Crippen LogP contribution in [0.5, 0.6) is 0 Å². The van der Waals surface area contributed by atoms with E-state index in [0.717, 1.165) is 20.1 Å². The second-order valence-electron chi connectivity index (χ2n) is 6.53. The number of halogens is 2. The zero-order valence-electron chi connectivity index (χ0n) is 15.4. The van der Waals surface area contributed by atoms with Crippen molar-refractivity contribution < 1.29 is 9.53 Å². The van der Waals surface area contributed by atoms with Gasteiger partial charge in [0, 0.05) is 22.0 Å². The van der Waals surface area contributed by atoms with Crippen LogP contribution in [0.25, 0.3) is 0 Å². The molecule has 0 saturated carbocycles. The first kappa shape index (κ1) is 21.1. The third kappa shape index (κ3) is 5.66. The zero-order valence-corrected chi connectivity index (χ0v) is 18.6. The van der Waals surface area contributed by atoms with Crippen molar-refractivity contribution >= 4 is 37.8 Å². The second kappa shape index (κ2) is 10.2. The minimum absolute atomic E-state index is 0.138. The van der Waals surface area contributed by atoms with Crippen molar-refractivity contribution in [2.75, 3.05) is 6.61 Å². The number of esters is 1. The quantitative estimate of drug-likeness (QED) is 0.445. The lowest BCUT2D eigenvalue weighted by Crippen LogP contribution is -2.45. The molecule has 0 spiro atoms. The highest BCUT2D eigenvalue weighted by molar-refractivity contribution is 9.10. The van der Waals surface area contributed by atoms with Crippen molar-refractivity contribution in [2.45, 2.75) is 39.9 Å². The van der Waals surface area contributed by atoms with Crippen LogP contribution in [0.1, 0.15) is 31.9 Å². The predicted octanol–water partition coefficient (Wildman–Crippen LogP) is 5.80. The number of rotatable bonds is 8. The first-order chi connectivity index (χ1) is 12.4. The highest BCUT2D eigenvalue weighted by Gasteiger charge is 2.31. The van der Waals surface area contributed by atoms with Gasteiger partial charge >= 0.3 is 5.97 Å². The van der Waals surface area contributed by atoms with Crippen LogP contribution in [-0.4, -0.2) is 23.5 Å². The summed E-state index contributed by atoms with van der Waals surface area (Å²) in [4.78, 5) is 14.9. The van der Waals surface area contributed by atoms with Gasteiger partial charge in [-0.25, -0.2) is 0 Å². The molecule has 2 rings (SSSR count). The van der Waals surface area contributed by atoms with Gasteiger partial charge < -0.3 is 4.74 Å². The molecule has 5 heteroatoms. The molecule has 0 bridgehead atoms. The summed E-state index contributed by atoms with van der Waals surface area (Å²) in [6.07, 6.45) is 0. The molecule has 0 saturated heterocycles. The molecule has 1 atom stereocenters. The van der Waals surface area contributed by atoms with Crippen molar-refractivity contribution in [1.29, 1.82) is 0 Å². The van der Waals surface area contributed by atoms with E-state index in [4.69, 9.17) is 4.74 Å². The molecule has 0 unspecified atom stereocenters. The molecule has 3 nitrogen and oxygen atoms in total. The molecule has 0 heterocycles. The monoisotopic (exact) mass is 481 g/mol. The van der Waals surface area contributed by atoms with Gasteiger partial charge in [-0.1, -0.05) is 82.1 Å². The molecular formula is C21H25Br2NO2. The first-order valence-electron chi connectivity index (χ1n) is 8.81. The fourth-order valence-electron chi connectivity index (χ4n) is 3.01. The Morgan fingerprint density at radius 3 is 1.81 bits per heavy atom. The van der Waals surface area contributed by atoms with Crippen LogP contribution in [0.3, 0.4) is 0 Å². The van der Waals surface area contributed by atoms with Crippen molar-refractivity contribution in [3.63, 3.8) is 0 Å². The smallest absolute Gasteiger partial charge is 0.323 e. The van der Waals surface area contributed by atoms with E-state index in [0.29, 0.717) is 19.7 Å². The maximum absolute atomic E-state index is 12.7. The first-order valence-corrected chi connectivity index (χ1v) is 10.4. The second-order valence-corrected chi connectivity index (χ2v) is 8.24. The van der Waals surface area contributed by atoms with Gasteiger partial charge in [-0.05, 0) is 36.1 Å². The van der Waals surface area contributed by atoms with E-state index in [-0.39, 0.29) is 17.9 Å². The Bertz CT molecular complexity index is 686. The lowest BCUT2D eigenvalue weighted by atomic mass is 10.0. The van der Waals surface area contributed by atoms with E-state index in [9.17, 15) is 4.79 Å². The Morgan fingerprint density at radius 1 is 0.962 bits per heavy atom. The van der Waals surface area contributed by atoms with E-state index in [1.54, 1.807) is 0 Å². The Balaban J connectivity index is 2.37. The summed E-state index contributed by atoms with van der Waals surface area (Å²) in [5, 5.41) is 0. The third-order valence-corrected chi connectivity index (χ3v) is 5.76. The third-order valence-electron chi connectivity index (χ3n) is 4.22. The van der Waals surface area contributed by atoms with Gasteiger partial charge in [0.2, 0.25) is 0 Å². The number of carbonyl (C=O) groups excluding carboxylic acids is 1. The predicted molar refractivity (Wildman–Crippen MR) is 113 cm³/mol. The lowest BCUT2D eigenvalue weighted by Gasteiger charge is -2.33. The summed E-state index contributed by atoms with van der Waals surface area (Å²) >= 11 is 7.25. The van der Waals surface area contributed by atoms with Crippen LogP contribution in [0.15, 0.2) is 57.5 Å². The number of ether oxygens (including phenoxy) is 1. The molecular weight excluding hydrogens is 458 g/mol. The zero-order chi connectivity index (χ0) is 19.1. The van der Waals surface area contributed by atoms with Gasteiger partial charge in [-0.15, -0.1) is 0 Å². The number of nitrogens with zero attached hydrogens (tertiary/aromatic N) is 1. The molecule has 0 aliphatic carbocycles. The highest BCUT2D eigenvalue weighted by atomic mass is 79.9. The molecule has 2 aromatic carbocycles. The number of hydrogen-bond acceptors (Lipinski definition) is 3. The minimum atomic E-state index is -0.311. The Kier molecular flexibility index (Phi) is 8.32. The number of hydrogen-bond donors (Lipinski definition) is 0. The van der Waals surface area contributed by atoms with Gasteiger partial charge in [0.25, 0.3) is 0 Å².